The van der Waals surface area contributed by atoms with E-state index in [1.165, 1.54) is 57.1 Å². The van der Waals surface area contributed by atoms with Crippen molar-refractivity contribution in [3.63, 3.8) is 0 Å². The molecular formula is C17H24BrN. The van der Waals surface area contributed by atoms with Gasteiger partial charge in [0.15, 0.2) is 0 Å². The first-order valence-corrected chi connectivity index (χ1v) is 8.63. The number of likely N-dealkylation sites (tertiary alicyclic amines) is 1. The Morgan fingerprint density at radius 1 is 1.05 bits per heavy atom. The molecule has 0 radical (unpaired) electrons. The monoisotopic (exact) mass is 321 g/mol. The molecule has 1 aliphatic heterocycles. The van der Waals surface area contributed by atoms with Crippen molar-refractivity contribution < 1.29 is 0 Å². The van der Waals surface area contributed by atoms with E-state index in [9.17, 15) is 0 Å². The fraction of sp³-hybridized carbons (Fsp3) is 0.647. The summed E-state index contributed by atoms with van der Waals surface area (Å²) >= 11 is 3.85. The first-order valence-electron chi connectivity index (χ1n) is 7.72. The summed E-state index contributed by atoms with van der Waals surface area (Å²) in [7, 11) is 0. The van der Waals surface area contributed by atoms with Gasteiger partial charge in [-0.1, -0.05) is 65.5 Å². The summed E-state index contributed by atoms with van der Waals surface area (Å²) in [6.07, 6.45) is 9.87. The second-order valence-electron chi connectivity index (χ2n) is 6.29. The van der Waals surface area contributed by atoms with Crippen molar-refractivity contribution in [3.8, 4) is 0 Å². The van der Waals surface area contributed by atoms with Crippen molar-refractivity contribution in [2.45, 2.75) is 61.9 Å². The van der Waals surface area contributed by atoms with E-state index in [-0.39, 0.29) is 0 Å². The van der Waals surface area contributed by atoms with Crippen LogP contribution in [0, 0.1) is 0 Å². The molecule has 1 saturated heterocycles. The van der Waals surface area contributed by atoms with Crippen LogP contribution in [0.3, 0.4) is 0 Å². The fourth-order valence-electron chi connectivity index (χ4n) is 3.92. The molecule has 0 bridgehead atoms. The Balaban J connectivity index is 1.78. The summed E-state index contributed by atoms with van der Waals surface area (Å²) in [6.45, 7) is 2.35. The molecule has 1 nitrogen and oxygen atoms in total. The number of nitrogens with zero attached hydrogens (tertiary/aromatic N) is 1. The first-order chi connectivity index (χ1) is 9.28. The molecule has 1 saturated carbocycles. The molecule has 19 heavy (non-hydrogen) atoms. The predicted octanol–water partition coefficient (Wildman–Crippen LogP) is 4.75. The topological polar surface area (TPSA) is 3.24 Å². The second kappa shape index (κ2) is 5.97. The lowest BCUT2D eigenvalue weighted by atomic mass is 9.74. The van der Waals surface area contributed by atoms with Crippen LogP contribution in [0.2, 0.25) is 0 Å². The zero-order valence-corrected chi connectivity index (χ0v) is 13.2. The van der Waals surface area contributed by atoms with Gasteiger partial charge in [0, 0.05) is 23.5 Å². The third-order valence-electron chi connectivity index (χ3n) is 5.01. The van der Waals surface area contributed by atoms with Crippen molar-refractivity contribution in [3.05, 3.63) is 35.9 Å². The standard InChI is InChI=1S/C17H24BrN/c18-16-9-12-17(10-5-2-6-11-17)19(14-16)13-15-7-3-1-4-8-15/h1,3-4,7-8,16H,2,5-6,9-14H2/t16-/m0/s1. The van der Waals surface area contributed by atoms with Crippen molar-refractivity contribution in [1.29, 1.82) is 0 Å². The summed E-state index contributed by atoms with van der Waals surface area (Å²) in [4.78, 5) is 3.47. The third kappa shape index (κ3) is 3.05. The van der Waals surface area contributed by atoms with E-state index in [2.05, 4.69) is 51.2 Å². The van der Waals surface area contributed by atoms with Gasteiger partial charge in [0.05, 0.1) is 0 Å². The van der Waals surface area contributed by atoms with Crippen LogP contribution in [-0.4, -0.2) is 21.8 Å². The lowest BCUT2D eigenvalue weighted by molar-refractivity contribution is 0.0118. The SMILES string of the molecule is Br[C@H]1CCC2(CCCCC2)N(Cc2ccccc2)C1. The molecule has 0 amide bonds. The van der Waals surface area contributed by atoms with Crippen LogP contribution in [0.1, 0.15) is 50.5 Å². The molecule has 0 unspecified atom stereocenters. The Kier molecular flexibility index (Phi) is 4.28. The molecule has 1 aliphatic carbocycles. The lowest BCUT2D eigenvalue weighted by Gasteiger charge is -2.51. The van der Waals surface area contributed by atoms with Gasteiger partial charge in [0.1, 0.15) is 0 Å². The highest BCUT2D eigenvalue weighted by molar-refractivity contribution is 9.09. The minimum atomic E-state index is 0.512. The maximum atomic E-state index is 3.85. The van der Waals surface area contributed by atoms with Gasteiger partial charge in [0.25, 0.3) is 0 Å². The Labute approximate surface area is 125 Å². The van der Waals surface area contributed by atoms with Gasteiger partial charge in [0.2, 0.25) is 0 Å². The van der Waals surface area contributed by atoms with E-state index in [4.69, 9.17) is 0 Å². The van der Waals surface area contributed by atoms with Crippen LogP contribution in [0.5, 0.6) is 0 Å². The Hall–Kier alpha value is -0.340. The van der Waals surface area contributed by atoms with Gasteiger partial charge in [-0.3, -0.25) is 4.90 Å². The van der Waals surface area contributed by atoms with E-state index < -0.39 is 0 Å². The maximum Gasteiger partial charge on any atom is 0.0274 e. The first kappa shape index (κ1) is 13.6. The largest absolute Gasteiger partial charge is 0.292 e. The Morgan fingerprint density at radius 3 is 2.53 bits per heavy atom. The highest BCUT2D eigenvalue weighted by Gasteiger charge is 2.41. The van der Waals surface area contributed by atoms with E-state index in [0.717, 1.165) is 6.54 Å². The zero-order chi connectivity index (χ0) is 13.1. The molecule has 3 rings (SSSR count). The fourth-order valence-corrected chi connectivity index (χ4v) is 4.50. The molecule has 0 aromatic heterocycles. The number of rotatable bonds is 2. The summed E-state index contributed by atoms with van der Waals surface area (Å²) in [6, 6.07) is 11.0. The minimum absolute atomic E-state index is 0.512. The second-order valence-corrected chi connectivity index (χ2v) is 7.58. The Bertz CT molecular complexity index is 397. The third-order valence-corrected chi connectivity index (χ3v) is 5.76. The molecule has 1 aromatic rings. The smallest absolute Gasteiger partial charge is 0.0274 e. The van der Waals surface area contributed by atoms with E-state index in [0.29, 0.717) is 10.4 Å². The lowest BCUT2D eigenvalue weighted by Crippen LogP contribution is -2.54. The van der Waals surface area contributed by atoms with E-state index in [1.54, 1.807) is 0 Å². The van der Waals surface area contributed by atoms with Gasteiger partial charge < -0.3 is 0 Å². The summed E-state index contributed by atoms with van der Waals surface area (Å²) in [5, 5.41) is 0. The summed E-state index contributed by atoms with van der Waals surface area (Å²) < 4.78 is 0. The predicted molar refractivity (Wildman–Crippen MR) is 84.6 cm³/mol. The Morgan fingerprint density at radius 2 is 1.79 bits per heavy atom. The average molecular weight is 322 g/mol. The van der Waals surface area contributed by atoms with Crippen LogP contribution in [0.15, 0.2) is 30.3 Å². The number of alkyl halides is 1. The number of benzene rings is 1. The highest BCUT2D eigenvalue weighted by Crippen LogP contribution is 2.42. The quantitative estimate of drug-likeness (QED) is 0.710. The van der Waals surface area contributed by atoms with Crippen LogP contribution in [0.4, 0.5) is 0 Å². The number of halogens is 1. The van der Waals surface area contributed by atoms with E-state index in [1.807, 2.05) is 0 Å². The molecule has 2 aliphatic rings. The molecule has 2 fully saturated rings. The zero-order valence-electron chi connectivity index (χ0n) is 11.7. The summed E-state index contributed by atoms with van der Waals surface area (Å²) in [5.41, 5.74) is 1.98. The van der Waals surface area contributed by atoms with Gasteiger partial charge in [-0.2, -0.15) is 0 Å². The van der Waals surface area contributed by atoms with E-state index >= 15 is 0 Å². The van der Waals surface area contributed by atoms with Crippen molar-refractivity contribution in [1.82, 2.24) is 4.90 Å². The average Bonchev–Trinajstić information content (AvgIpc) is 2.46. The number of hydrogen-bond donors (Lipinski definition) is 0. The molecule has 104 valence electrons. The highest BCUT2D eigenvalue weighted by atomic mass is 79.9. The molecule has 1 atom stereocenters. The molecule has 2 heteroatoms. The normalized spacial score (nSPS) is 27.5. The van der Waals surface area contributed by atoms with Crippen molar-refractivity contribution in [2.75, 3.05) is 6.54 Å². The van der Waals surface area contributed by atoms with Crippen molar-refractivity contribution in [2.24, 2.45) is 0 Å². The van der Waals surface area contributed by atoms with Gasteiger partial charge in [-0.05, 0) is 31.2 Å². The maximum absolute atomic E-state index is 3.85. The minimum Gasteiger partial charge on any atom is -0.292 e. The van der Waals surface area contributed by atoms with Gasteiger partial charge in [-0.15, -0.1) is 0 Å². The van der Waals surface area contributed by atoms with Crippen LogP contribution >= 0.6 is 15.9 Å². The van der Waals surface area contributed by atoms with Crippen LogP contribution in [0.25, 0.3) is 0 Å². The molecular weight excluding hydrogens is 298 g/mol. The van der Waals surface area contributed by atoms with Crippen LogP contribution < -0.4 is 0 Å². The summed E-state index contributed by atoms with van der Waals surface area (Å²) in [5.74, 6) is 0. The molecule has 1 spiro atoms. The van der Waals surface area contributed by atoms with Gasteiger partial charge in [-0.25, -0.2) is 0 Å². The molecule has 1 heterocycles. The number of hydrogen-bond acceptors (Lipinski definition) is 1. The van der Waals surface area contributed by atoms with Crippen molar-refractivity contribution >= 4 is 15.9 Å². The molecule has 0 N–H and O–H groups in total. The molecule has 1 aromatic carbocycles. The van der Waals surface area contributed by atoms with Gasteiger partial charge >= 0.3 is 0 Å². The van der Waals surface area contributed by atoms with Crippen LogP contribution in [-0.2, 0) is 6.54 Å². The number of piperidine rings is 1.